The molecule has 1 N–H and O–H groups in total. The molecule has 0 saturated heterocycles. The number of hydrogen-bond donors (Lipinski definition) is 1. The number of nitrogens with one attached hydrogen (secondary N) is 1. The Morgan fingerprint density at radius 1 is 1.50 bits per heavy atom. The van der Waals surface area contributed by atoms with Gasteiger partial charge in [-0.3, -0.25) is 10.1 Å². The molecule has 5 heteroatoms. The number of rotatable bonds is 4. The van der Waals surface area contributed by atoms with Gasteiger partial charge in [-0.2, -0.15) is 0 Å². The molecular formula is C11H13FN2O2. The second-order valence-corrected chi connectivity index (χ2v) is 4.04. The van der Waals surface area contributed by atoms with Gasteiger partial charge in [-0.1, -0.05) is 6.42 Å². The maximum atomic E-state index is 13.0. The SMILES string of the molecule is O=[N+]([O-])c1ccc(F)cc1CNC1CCC1. The lowest BCUT2D eigenvalue weighted by Gasteiger charge is -2.26. The summed E-state index contributed by atoms with van der Waals surface area (Å²) in [5, 5.41) is 13.9. The van der Waals surface area contributed by atoms with Crippen LogP contribution in [0.5, 0.6) is 0 Å². The largest absolute Gasteiger partial charge is 0.310 e. The molecule has 0 heterocycles. The van der Waals surface area contributed by atoms with Crippen LogP contribution < -0.4 is 5.32 Å². The third kappa shape index (κ3) is 2.36. The molecule has 2 rings (SSSR count). The first-order valence-corrected chi connectivity index (χ1v) is 5.33. The summed E-state index contributed by atoms with van der Waals surface area (Å²) in [6.07, 6.45) is 3.40. The number of benzene rings is 1. The molecule has 0 bridgehead atoms. The van der Waals surface area contributed by atoms with Crippen LogP contribution in [0.1, 0.15) is 24.8 Å². The van der Waals surface area contributed by atoms with Crippen molar-refractivity contribution in [1.82, 2.24) is 5.32 Å². The first-order valence-electron chi connectivity index (χ1n) is 5.33. The molecule has 4 nitrogen and oxygen atoms in total. The summed E-state index contributed by atoms with van der Waals surface area (Å²) in [4.78, 5) is 10.2. The third-order valence-electron chi connectivity index (χ3n) is 2.92. The first kappa shape index (κ1) is 11.0. The Kier molecular flexibility index (Phi) is 3.14. The Hall–Kier alpha value is -1.49. The molecule has 0 spiro atoms. The Balaban J connectivity index is 2.09. The highest BCUT2D eigenvalue weighted by Gasteiger charge is 2.19. The molecule has 1 saturated carbocycles. The minimum absolute atomic E-state index is 0.0202. The Morgan fingerprint density at radius 3 is 2.81 bits per heavy atom. The van der Waals surface area contributed by atoms with Gasteiger partial charge in [-0.15, -0.1) is 0 Å². The van der Waals surface area contributed by atoms with Gasteiger partial charge in [-0.05, 0) is 25.0 Å². The van der Waals surface area contributed by atoms with E-state index in [1.54, 1.807) is 0 Å². The molecule has 1 aliphatic carbocycles. The predicted octanol–water partition coefficient (Wildman–Crippen LogP) is 2.38. The molecule has 0 aromatic heterocycles. The highest BCUT2D eigenvalue weighted by atomic mass is 19.1. The topological polar surface area (TPSA) is 55.2 Å². The van der Waals surface area contributed by atoms with Crippen LogP contribution in [-0.4, -0.2) is 11.0 Å². The van der Waals surface area contributed by atoms with Crippen molar-refractivity contribution >= 4 is 5.69 Å². The van der Waals surface area contributed by atoms with Crippen molar-refractivity contribution in [2.45, 2.75) is 31.8 Å². The van der Waals surface area contributed by atoms with Gasteiger partial charge in [0.25, 0.3) is 5.69 Å². The van der Waals surface area contributed by atoms with Crippen LogP contribution in [0, 0.1) is 15.9 Å². The van der Waals surface area contributed by atoms with Crippen molar-refractivity contribution in [3.8, 4) is 0 Å². The van der Waals surface area contributed by atoms with Gasteiger partial charge in [0.15, 0.2) is 0 Å². The van der Waals surface area contributed by atoms with E-state index in [1.807, 2.05) is 0 Å². The molecule has 1 fully saturated rings. The Labute approximate surface area is 92.6 Å². The summed E-state index contributed by atoms with van der Waals surface area (Å²) in [5.41, 5.74) is 0.394. The van der Waals surface area contributed by atoms with Gasteiger partial charge in [-0.25, -0.2) is 4.39 Å². The normalized spacial score (nSPS) is 15.8. The summed E-state index contributed by atoms with van der Waals surface area (Å²) >= 11 is 0. The van der Waals surface area contributed by atoms with Gasteiger partial charge in [0.1, 0.15) is 5.82 Å². The van der Waals surface area contributed by atoms with Crippen molar-refractivity contribution in [2.75, 3.05) is 0 Å². The van der Waals surface area contributed by atoms with E-state index in [2.05, 4.69) is 5.32 Å². The zero-order valence-corrected chi connectivity index (χ0v) is 8.78. The Morgan fingerprint density at radius 2 is 2.25 bits per heavy atom. The summed E-state index contributed by atoms with van der Waals surface area (Å²) in [7, 11) is 0. The van der Waals surface area contributed by atoms with Crippen LogP contribution in [0.3, 0.4) is 0 Å². The summed E-state index contributed by atoms with van der Waals surface area (Å²) in [6, 6.07) is 3.99. The average molecular weight is 224 g/mol. The highest BCUT2D eigenvalue weighted by molar-refractivity contribution is 5.40. The predicted molar refractivity (Wildman–Crippen MR) is 57.5 cm³/mol. The fourth-order valence-corrected chi connectivity index (χ4v) is 1.74. The summed E-state index contributed by atoms with van der Waals surface area (Å²) < 4.78 is 13.0. The fraction of sp³-hybridized carbons (Fsp3) is 0.455. The molecule has 0 atom stereocenters. The fourth-order valence-electron chi connectivity index (χ4n) is 1.74. The lowest BCUT2D eigenvalue weighted by atomic mass is 9.93. The molecule has 0 aliphatic heterocycles. The van der Waals surface area contributed by atoms with E-state index in [-0.39, 0.29) is 5.69 Å². The monoisotopic (exact) mass is 224 g/mol. The maximum absolute atomic E-state index is 13.0. The standard InChI is InChI=1S/C11H13FN2O2/c12-9-4-5-11(14(15)16)8(6-9)7-13-10-2-1-3-10/h4-6,10,13H,1-3,7H2. The first-order chi connectivity index (χ1) is 7.66. The summed E-state index contributed by atoms with van der Waals surface area (Å²) in [5.74, 6) is -0.434. The van der Waals surface area contributed by atoms with E-state index < -0.39 is 10.7 Å². The van der Waals surface area contributed by atoms with Crippen LogP contribution in [0.25, 0.3) is 0 Å². The van der Waals surface area contributed by atoms with Crippen molar-refractivity contribution in [3.05, 3.63) is 39.7 Å². The van der Waals surface area contributed by atoms with E-state index in [9.17, 15) is 14.5 Å². The molecule has 86 valence electrons. The van der Waals surface area contributed by atoms with Gasteiger partial charge >= 0.3 is 0 Å². The van der Waals surface area contributed by atoms with Crippen LogP contribution in [-0.2, 0) is 6.54 Å². The van der Waals surface area contributed by atoms with E-state index in [4.69, 9.17) is 0 Å². The average Bonchev–Trinajstić information content (AvgIpc) is 2.14. The highest BCUT2D eigenvalue weighted by Crippen LogP contribution is 2.22. The van der Waals surface area contributed by atoms with Crippen molar-refractivity contribution in [3.63, 3.8) is 0 Å². The van der Waals surface area contributed by atoms with Gasteiger partial charge in [0.05, 0.1) is 4.92 Å². The molecule has 0 radical (unpaired) electrons. The number of hydrogen-bond acceptors (Lipinski definition) is 3. The van der Waals surface area contributed by atoms with Crippen LogP contribution >= 0.6 is 0 Å². The van der Waals surface area contributed by atoms with Gasteiger partial charge in [0, 0.05) is 24.2 Å². The molecule has 1 aliphatic rings. The van der Waals surface area contributed by atoms with E-state index in [1.165, 1.54) is 18.6 Å². The molecule has 1 aromatic carbocycles. The zero-order chi connectivity index (χ0) is 11.5. The van der Waals surface area contributed by atoms with E-state index in [0.29, 0.717) is 18.2 Å². The smallest absolute Gasteiger partial charge is 0.274 e. The molecular weight excluding hydrogens is 211 g/mol. The number of nitrogens with zero attached hydrogens (tertiary/aromatic N) is 1. The van der Waals surface area contributed by atoms with Crippen LogP contribution in [0.4, 0.5) is 10.1 Å². The number of nitro groups is 1. The lowest BCUT2D eigenvalue weighted by molar-refractivity contribution is -0.385. The van der Waals surface area contributed by atoms with E-state index in [0.717, 1.165) is 18.9 Å². The minimum Gasteiger partial charge on any atom is -0.310 e. The lowest BCUT2D eigenvalue weighted by Crippen LogP contribution is -2.34. The molecule has 1 aromatic rings. The third-order valence-corrected chi connectivity index (χ3v) is 2.92. The molecule has 0 unspecified atom stereocenters. The maximum Gasteiger partial charge on any atom is 0.274 e. The molecule has 16 heavy (non-hydrogen) atoms. The van der Waals surface area contributed by atoms with E-state index >= 15 is 0 Å². The zero-order valence-electron chi connectivity index (χ0n) is 8.78. The molecule has 0 amide bonds. The van der Waals surface area contributed by atoms with Gasteiger partial charge in [0.2, 0.25) is 0 Å². The second-order valence-electron chi connectivity index (χ2n) is 4.04. The second kappa shape index (κ2) is 4.57. The minimum atomic E-state index is -0.475. The summed E-state index contributed by atoms with van der Waals surface area (Å²) in [6.45, 7) is 0.360. The Bertz CT molecular complexity index is 405. The van der Waals surface area contributed by atoms with Gasteiger partial charge < -0.3 is 5.32 Å². The van der Waals surface area contributed by atoms with Crippen molar-refractivity contribution in [1.29, 1.82) is 0 Å². The number of nitro benzene ring substituents is 1. The quantitative estimate of drug-likeness (QED) is 0.631. The number of halogens is 1. The van der Waals surface area contributed by atoms with Crippen molar-refractivity contribution < 1.29 is 9.31 Å². The van der Waals surface area contributed by atoms with Crippen LogP contribution in [0.2, 0.25) is 0 Å². The van der Waals surface area contributed by atoms with Crippen LogP contribution in [0.15, 0.2) is 18.2 Å². The van der Waals surface area contributed by atoms with Crippen molar-refractivity contribution in [2.24, 2.45) is 0 Å².